The largest absolute Gasteiger partial charge is 0.493 e. The summed E-state index contributed by atoms with van der Waals surface area (Å²) in [6.07, 6.45) is 1.82. The second kappa shape index (κ2) is 5.84. The van der Waals surface area contributed by atoms with E-state index in [1.54, 1.807) is 11.3 Å². The van der Waals surface area contributed by atoms with Crippen LogP contribution in [0.3, 0.4) is 0 Å². The molecule has 6 heteroatoms. The van der Waals surface area contributed by atoms with Crippen molar-refractivity contribution in [3.63, 3.8) is 0 Å². The summed E-state index contributed by atoms with van der Waals surface area (Å²) in [7, 11) is 0. The monoisotopic (exact) mass is 343 g/mol. The smallest absolute Gasteiger partial charge is 0.224 e. The van der Waals surface area contributed by atoms with Gasteiger partial charge in [0.1, 0.15) is 15.8 Å². The molecule has 1 aliphatic heterocycles. The molecule has 2 heterocycles. The molecule has 2 aromatic rings. The zero-order valence-electron chi connectivity index (χ0n) is 13.9. The number of fused-ring (bicyclic) bond motifs is 2. The number of nitrogens with one attached hydrogen (secondary N) is 1. The highest BCUT2D eigenvalue weighted by atomic mass is 32.1. The van der Waals surface area contributed by atoms with Crippen LogP contribution in [-0.4, -0.2) is 22.7 Å². The van der Waals surface area contributed by atoms with Gasteiger partial charge in [-0.15, -0.1) is 10.2 Å². The van der Waals surface area contributed by atoms with Crippen LogP contribution < -0.4 is 10.1 Å². The minimum absolute atomic E-state index is 0.0247. The molecule has 24 heavy (non-hydrogen) atoms. The number of benzene rings is 1. The third-order valence-corrected chi connectivity index (χ3v) is 6.24. The Morgan fingerprint density at radius 2 is 2.25 bits per heavy atom. The minimum Gasteiger partial charge on any atom is -0.493 e. The normalized spacial score (nSPS) is 24.5. The molecule has 2 atom stereocenters. The molecule has 126 valence electrons. The van der Waals surface area contributed by atoms with Gasteiger partial charge < -0.3 is 10.1 Å². The Hall–Kier alpha value is -1.95. The molecule has 1 aromatic heterocycles. The van der Waals surface area contributed by atoms with Gasteiger partial charge in [-0.1, -0.05) is 43.4 Å². The third-order valence-electron chi connectivity index (χ3n) is 5.01. The predicted octanol–water partition coefficient (Wildman–Crippen LogP) is 3.02. The summed E-state index contributed by atoms with van der Waals surface area (Å²) >= 11 is 1.57. The van der Waals surface area contributed by atoms with Crippen molar-refractivity contribution in [2.75, 3.05) is 6.61 Å². The van der Waals surface area contributed by atoms with Gasteiger partial charge in [-0.25, -0.2) is 0 Å². The molecule has 1 fully saturated rings. The maximum absolute atomic E-state index is 12.6. The minimum atomic E-state index is -0.0247. The SMILES string of the molecule is CC(C)c1nnc(CNC(=O)[C@H]2C[C@]23CCOc2ccccc23)s1. The summed E-state index contributed by atoms with van der Waals surface area (Å²) in [5.41, 5.74) is 1.16. The van der Waals surface area contributed by atoms with Crippen molar-refractivity contribution in [3.05, 3.63) is 39.8 Å². The van der Waals surface area contributed by atoms with E-state index < -0.39 is 0 Å². The lowest BCUT2D eigenvalue weighted by molar-refractivity contribution is -0.123. The van der Waals surface area contributed by atoms with Crippen LogP contribution >= 0.6 is 11.3 Å². The maximum atomic E-state index is 12.6. The van der Waals surface area contributed by atoms with Crippen molar-refractivity contribution in [1.82, 2.24) is 15.5 Å². The van der Waals surface area contributed by atoms with Crippen LogP contribution in [0.4, 0.5) is 0 Å². The number of aromatic nitrogens is 2. The first-order valence-electron chi connectivity index (χ1n) is 8.42. The second-order valence-corrected chi connectivity index (χ2v) is 8.01. The zero-order chi connectivity index (χ0) is 16.7. The molecule has 1 saturated carbocycles. The lowest BCUT2D eigenvalue weighted by atomic mass is 9.87. The van der Waals surface area contributed by atoms with E-state index >= 15 is 0 Å². The van der Waals surface area contributed by atoms with Crippen molar-refractivity contribution >= 4 is 17.2 Å². The Morgan fingerprint density at radius 3 is 3.04 bits per heavy atom. The average Bonchev–Trinajstić information content (AvgIpc) is 3.09. The van der Waals surface area contributed by atoms with Gasteiger partial charge in [-0.2, -0.15) is 0 Å². The van der Waals surface area contributed by atoms with Gasteiger partial charge in [0.15, 0.2) is 0 Å². The van der Waals surface area contributed by atoms with E-state index in [-0.39, 0.29) is 17.2 Å². The van der Waals surface area contributed by atoms with E-state index in [0.29, 0.717) is 19.1 Å². The number of rotatable bonds is 4. The van der Waals surface area contributed by atoms with Gasteiger partial charge in [0, 0.05) is 22.8 Å². The molecule has 1 aromatic carbocycles. The Balaban J connectivity index is 1.42. The molecule has 2 aliphatic rings. The lowest BCUT2D eigenvalue weighted by Gasteiger charge is -2.26. The van der Waals surface area contributed by atoms with Crippen molar-refractivity contribution in [1.29, 1.82) is 0 Å². The van der Waals surface area contributed by atoms with Gasteiger partial charge in [0.2, 0.25) is 5.91 Å². The van der Waals surface area contributed by atoms with Crippen LogP contribution in [0, 0.1) is 5.92 Å². The molecule has 0 radical (unpaired) electrons. The highest BCUT2D eigenvalue weighted by Gasteiger charge is 2.60. The number of amides is 1. The van der Waals surface area contributed by atoms with Gasteiger partial charge in [0.05, 0.1) is 13.2 Å². The number of para-hydroxylation sites is 1. The summed E-state index contributed by atoms with van der Waals surface area (Å²) in [5.74, 6) is 1.47. The maximum Gasteiger partial charge on any atom is 0.224 e. The van der Waals surface area contributed by atoms with E-state index in [0.717, 1.165) is 28.6 Å². The highest BCUT2D eigenvalue weighted by Crippen LogP contribution is 2.60. The second-order valence-electron chi connectivity index (χ2n) is 6.91. The summed E-state index contributed by atoms with van der Waals surface area (Å²) in [5, 5.41) is 13.3. The number of hydrogen-bond donors (Lipinski definition) is 1. The summed E-state index contributed by atoms with van der Waals surface area (Å²) in [6, 6.07) is 8.11. The first-order valence-corrected chi connectivity index (χ1v) is 9.24. The number of nitrogens with zero attached hydrogens (tertiary/aromatic N) is 2. The number of carbonyl (C=O) groups excluding carboxylic acids is 1. The molecular formula is C18H21N3O2S. The van der Waals surface area contributed by atoms with Crippen LogP contribution in [0.1, 0.15) is 48.2 Å². The Morgan fingerprint density at radius 1 is 1.42 bits per heavy atom. The van der Waals surface area contributed by atoms with Gasteiger partial charge in [-0.05, 0) is 18.9 Å². The van der Waals surface area contributed by atoms with E-state index in [9.17, 15) is 4.79 Å². The molecule has 0 unspecified atom stereocenters. The fourth-order valence-electron chi connectivity index (χ4n) is 3.56. The molecular weight excluding hydrogens is 322 g/mol. The van der Waals surface area contributed by atoms with Gasteiger partial charge in [0.25, 0.3) is 0 Å². The molecule has 0 bridgehead atoms. The molecule has 1 N–H and O–H groups in total. The number of hydrogen-bond acceptors (Lipinski definition) is 5. The molecule has 1 amide bonds. The van der Waals surface area contributed by atoms with Crippen molar-refractivity contribution in [3.8, 4) is 5.75 Å². The third kappa shape index (κ3) is 2.59. The average molecular weight is 343 g/mol. The van der Waals surface area contributed by atoms with Crippen LogP contribution in [0.15, 0.2) is 24.3 Å². The molecule has 0 saturated heterocycles. The van der Waals surface area contributed by atoms with E-state index in [4.69, 9.17) is 4.74 Å². The van der Waals surface area contributed by atoms with Crippen molar-refractivity contribution < 1.29 is 9.53 Å². The van der Waals surface area contributed by atoms with Crippen LogP contribution in [0.5, 0.6) is 5.75 Å². The first kappa shape index (κ1) is 15.6. The summed E-state index contributed by atoms with van der Waals surface area (Å²) in [6.45, 7) is 5.35. The molecule has 1 aliphatic carbocycles. The van der Waals surface area contributed by atoms with Crippen LogP contribution in [0.2, 0.25) is 0 Å². The highest BCUT2D eigenvalue weighted by molar-refractivity contribution is 7.11. The standard InChI is InChI=1S/C18H21N3O2S/c1-11(2)17-21-20-15(24-17)10-19-16(22)13-9-18(13)7-8-23-14-6-4-3-5-12(14)18/h3-6,11,13H,7-10H2,1-2H3,(H,19,22)/t13-,18+/m1/s1. The number of ether oxygens (including phenoxy) is 1. The van der Waals surface area contributed by atoms with E-state index in [1.807, 2.05) is 18.2 Å². The number of carbonyl (C=O) groups is 1. The fourth-order valence-corrected chi connectivity index (χ4v) is 4.35. The van der Waals surface area contributed by atoms with E-state index in [2.05, 4.69) is 35.4 Å². The molecule has 5 nitrogen and oxygen atoms in total. The predicted molar refractivity (Wildman–Crippen MR) is 92.2 cm³/mol. The summed E-state index contributed by atoms with van der Waals surface area (Å²) < 4.78 is 5.73. The Labute approximate surface area is 145 Å². The quantitative estimate of drug-likeness (QED) is 0.927. The Bertz CT molecular complexity index is 773. The van der Waals surface area contributed by atoms with Crippen LogP contribution in [-0.2, 0) is 16.8 Å². The topological polar surface area (TPSA) is 64.1 Å². The van der Waals surface area contributed by atoms with Crippen molar-refractivity contribution in [2.24, 2.45) is 5.92 Å². The van der Waals surface area contributed by atoms with E-state index in [1.165, 1.54) is 5.56 Å². The molecule has 4 rings (SSSR count). The lowest BCUT2D eigenvalue weighted by Crippen LogP contribution is -2.30. The van der Waals surface area contributed by atoms with Gasteiger partial charge in [-0.3, -0.25) is 4.79 Å². The Kier molecular flexibility index (Phi) is 3.79. The molecule has 1 spiro atoms. The zero-order valence-corrected chi connectivity index (χ0v) is 14.7. The van der Waals surface area contributed by atoms with Gasteiger partial charge >= 0.3 is 0 Å². The summed E-state index contributed by atoms with van der Waals surface area (Å²) in [4.78, 5) is 12.6. The first-order chi connectivity index (χ1) is 11.6. The fraction of sp³-hybridized carbons (Fsp3) is 0.500. The van der Waals surface area contributed by atoms with Crippen molar-refractivity contribution in [2.45, 2.75) is 44.6 Å². The van der Waals surface area contributed by atoms with Crippen LogP contribution in [0.25, 0.3) is 0 Å².